The summed E-state index contributed by atoms with van der Waals surface area (Å²) in [7, 11) is 0. The topological polar surface area (TPSA) is 99.8 Å². The maximum atomic E-state index is 11.9. The van der Waals surface area contributed by atoms with Crippen molar-refractivity contribution in [3.63, 3.8) is 0 Å². The van der Waals surface area contributed by atoms with Crippen molar-refractivity contribution in [2.75, 3.05) is 5.73 Å². The molecule has 23 heavy (non-hydrogen) atoms. The van der Waals surface area contributed by atoms with E-state index in [0.29, 0.717) is 16.7 Å². The van der Waals surface area contributed by atoms with E-state index in [-0.39, 0.29) is 11.4 Å². The molecule has 0 atom stereocenters. The molecule has 2 aromatic carbocycles. The second-order valence-corrected chi connectivity index (χ2v) is 5.18. The summed E-state index contributed by atoms with van der Waals surface area (Å²) in [5.74, 6) is -0.374. The third-order valence-electron chi connectivity index (χ3n) is 3.76. The number of hydrogen-bond acceptors (Lipinski definition) is 4. The van der Waals surface area contributed by atoms with Gasteiger partial charge >= 0.3 is 0 Å². The van der Waals surface area contributed by atoms with Crippen LogP contribution in [0.4, 0.5) is 5.82 Å². The molecule has 2 heterocycles. The minimum absolute atomic E-state index is 0.196. The molecule has 6 heteroatoms. The van der Waals surface area contributed by atoms with Crippen molar-refractivity contribution in [3.8, 4) is 5.69 Å². The number of para-hydroxylation sites is 3. The molecule has 0 aliphatic carbocycles. The van der Waals surface area contributed by atoms with Crippen LogP contribution in [0, 0.1) is 0 Å². The average molecular weight is 303 g/mol. The van der Waals surface area contributed by atoms with Gasteiger partial charge in [0.15, 0.2) is 5.65 Å². The highest BCUT2D eigenvalue weighted by atomic mass is 16.1. The van der Waals surface area contributed by atoms with Gasteiger partial charge in [-0.2, -0.15) is 0 Å². The molecule has 1 amide bonds. The zero-order chi connectivity index (χ0) is 16.0. The summed E-state index contributed by atoms with van der Waals surface area (Å²) in [5, 5.41) is 0. The van der Waals surface area contributed by atoms with E-state index in [9.17, 15) is 4.79 Å². The smallest absolute Gasteiger partial charge is 0.254 e. The van der Waals surface area contributed by atoms with Crippen molar-refractivity contribution in [3.05, 3.63) is 60.2 Å². The molecule has 4 aromatic rings. The SMILES string of the molecule is NC(=O)c1c(N)n(-c2ccccc2)c2nc3ccccc3nc12. The summed E-state index contributed by atoms with van der Waals surface area (Å²) >= 11 is 0. The van der Waals surface area contributed by atoms with E-state index in [0.717, 1.165) is 11.2 Å². The van der Waals surface area contributed by atoms with Crippen molar-refractivity contribution >= 4 is 33.9 Å². The minimum atomic E-state index is -0.619. The number of fused-ring (bicyclic) bond motifs is 2. The fourth-order valence-corrected chi connectivity index (χ4v) is 2.74. The number of rotatable bonds is 2. The Morgan fingerprint density at radius 3 is 2.17 bits per heavy atom. The Labute approximate surface area is 131 Å². The summed E-state index contributed by atoms with van der Waals surface area (Å²) < 4.78 is 1.70. The Balaban J connectivity index is 2.19. The molecule has 6 nitrogen and oxygen atoms in total. The van der Waals surface area contributed by atoms with Crippen LogP contribution in [0.15, 0.2) is 54.6 Å². The Morgan fingerprint density at radius 1 is 0.913 bits per heavy atom. The molecule has 0 bridgehead atoms. The maximum Gasteiger partial charge on any atom is 0.254 e. The van der Waals surface area contributed by atoms with Crippen molar-refractivity contribution < 1.29 is 4.79 Å². The van der Waals surface area contributed by atoms with Crippen LogP contribution in [0.5, 0.6) is 0 Å². The molecule has 2 aromatic heterocycles. The molecule has 4 rings (SSSR count). The van der Waals surface area contributed by atoms with Gasteiger partial charge in [0, 0.05) is 5.69 Å². The van der Waals surface area contributed by atoms with Gasteiger partial charge in [-0.25, -0.2) is 9.97 Å². The van der Waals surface area contributed by atoms with Gasteiger partial charge in [-0.1, -0.05) is 30.3 Å². The first kappa shape index (κ1) is 13.3. The number of hydrogen-bond donors (Lipinski definition) is 2. The summed E-state index contributed by atoms with van der Waals surface area (Å²) in [5.41, 5.74) is 15.0. The highest BCUT2D eigenvalue weighted by Crippen LogP contribution is 2.30. The van der Waals surface area contributed by atoms with E-state index in [2.05, 4.69) is 9.97 Å². The fraction of sp³-hybridized carbons (Fsp3) is 0. The Morgan fingerprint density at radius 2 is 1.52 bits per heavy atom. The van der Waals surface area contributed by atoms with Gasteiger partial charge in [-0.3, -0.25) is 9.36 Å². The molecule has 0 radical (unpaired) electrons. The van der Waals surface area contributed by atoms with Crippen LogP contribution >= 0.6 is 0 Å². The van der Waals surface area contributed by atoms with Gasteiger partial charge in [-0.05, 0) is 24.3 Å². The van der Waals surface area contributed by atoms with Crippen LogP contribution in [0.2, 0.25) is 0 Å². The molecule has 0 unspecified atom stereocenters. The number of carbonyl (C=O) groups excluding carboxylic acids is 1. The van der Waals surface area contributed by atoms with Gasteiger partial charge in [0.05, 0.1) is 11.0 Å². The van der Waals surface area contributed by atoms with E-state index < -0.39 is 5.91 Å². The Hall–Kier alpha value is -3.41. The molecule has 0 saturated carbocycles. The minimum Gasteiger partial charge on any atom is -0.384 e. The first-order chi connectivity index (χ1) is 11.2. The van der Waals surface area contributed by atoms with Crippen LogP contribution in [0.3, 0.4) is 0 Å². The maximum absolute atomic E-state index is 11.9. The van der Waals surface area contributed by atoms with Crippen molar-refractivity contribution in [2.45, 2.75) is 0 Å². The van der Waals surface area contributed by atoms with Crippen molar-refractivity contribution in [1.82, 2.24) is 14.5 Å². The van der Waals surface area contributed by atoms with Gasteiger partial charge in [0.2, 0.25) is 0 Å². The average Bonchev–Trinajstić information content (AvgIpc) is 2.84. The van der Waals surface area contributed by atoms with Crippen LogP contribution in [0.25, 0.3) is 27.9 Å². The molecule has 0 fully saturated rings. The molecule has 0 spiro atoms. The Bertz CT molecular complexity index is 1050. The number of nitrogens with two attached hydrogens (primary N) is 2. The molecule has 4 N–H and O–H groups in total. The standard InChI is InChI=1S/C17H13N5O/c18-15-13(16(19)23)14-17(22(15)10-6-2-1-3-7-10)21-12-9-5-4-8-11(12)20-14/h1-9H,18H2,(H2,19,23). The number of benzene rings is 2. The van der Waals surface area contributed by atoms with E-state index in [1.54, 1.807) is 4.57 Å². The predicted octanol–water partition coefficient (Wildman–Crippen LogP) is 2.25. The molecule has 0 aliphatic rings. The lowest BCUT2D eigenvalue weighted by Gasteiger charge is -2.07. The lowest BCUT2D eigenvalue weighted by atomic mass is 10.2. The van der Waals surface area contributed by atoms with Crippen molar-refractivity contribution in [1.29, 1.82) is 0 Å². The summed E-state index contributed by atoms with van der Waals surface area (Å²) in [6.07, 6.45) is 0. The van der Waals surface area contributed by atoms with Crippen LogP contribution < -0.4 is 11.5 Å². The first-order valence-electron chi connectivity index (χ1n) is 7.08. The van der Waals surface area contributed by atoms with E-state index in [4.69, 9.17) is 11.5 Å². The zero-order valence-electron chi connectivity index (χ0n) is 12.1. The number of nitrogen functional groups attached to an aromatic ring is 1. The number of aromatic nitrogens is 3. The molecular formula is C17H13N5O. The predicted molar refractivity (Wildman–Crippen MR) is 89.3 cm³/mol. The molecular weight excluding hydrogens is 290 g/mol. The lowest BCUT2D eigenvalue weighted by Crippen LogP contribution is -2.13. The highest BCUT2D eigenvalue weighted by Gasteiger charge is 2.22. The fourth-order valence-electron chi connectivity index (χ4n) is 2.74. The molecule has 0 saturated heterocycles. The largest absolute Gasteiger partial charge is 0.384 e. The zero-order valence-corrected chi connectivity index (χ0v) is 12.1. The number of carbonyl (C=O) groups is 1. The van der Waals surface area contributed by atoms with Crippen molar-refractivity contribution in [2.24, 2.45) is 5.73 Å². The number of primary amides is 1. The van der Waals surface area contributed by atoms with E-state index in [1.165, 1.54) is 0 Å². The number of amides is 1. The van der Waals surface area contributed by atoms with Gasteiger partial charge in [0.25, 0.3) is 5.91 Å². The summed E-state index contributed by atoms with van der Waals surface area (Å²) in [6, 6.07) is 16.9. The van der Waals surface area contributed by atoms with Crippen LogP contribution in [0.1, 0.15) is 10.4 Å². The van der Waals surface area contributed by atoms with E-state index >= 15 is 0 Å². The quantitative estimate of drug-likeness (QED) is 0.593. The summed E-state index contributed by atoms with van der Waals surface area (Å²) in [6.45, 7) is 0. The van der Waals surface area contributed by atoms with E-state index in [1.807, 2.05) is 54.6 Å². The van der Waals surface area contributed by atoms with Crippen LogP contribution in [-0.4, -0.2) is 20.4 Å². The molecule has 112 valence electrons. The Kier molecular flexibility index (Phi) is 2.77. The third-order valence-corrected chi connectivity index (χ3v) is 3.76. The number of anilines is 1. The lowest BCUT2D eigenvalue weighted by molar-refractivity contribution is 0.100. The van der Waals surface area contributed by atoms with Crippen LogP contribution in [-0.2, 0) is 0 Å². The number of nitrogens with zero attached hydrogens (tertiary/aromatic N) is 3. The second kappa shape index (κ2) is 4.81. The summed E-state index contributed by atoms with van der Waals surface area (Å²) in [4.78, 5) is 21.0. The first-order valence-corrected chi connectivity index (χ1v) is 7.08. The van der Waals surface area contributed by atoms with Gasteiger partial charge < -0.3 is 11.5 Å². The van der Waals surface area contributed by atoms with Gasteiger partial charge in [0.1, 0.15) is 16.9 Å². The van der Waals surface area contributed by atoms with Gasteiger partial charge in [-0.15, -0.1) is 0 Å². The molecule has 0 aliphatic heterocycles. The normalized spacial score (nSPS) is 11.1. The second-order valence-electron chi connectivity index (χ2n) is 5.18. The monoisotopic (exact) mass is 303 g/mol. The highest BCUT2D eigenvalue weighted by molar-refractivity contribution is 6.10. The third kappa shape index (κ3) is 1.92.